The van der Waals surface area contributed by atoms with Gasteiger partial charge in [-0.3, -0.25) is 4.72 Å². The van der Waals surface area contributed by atoms with Crippen molar-refractivity contribution in [3.05, 3.63) is 71.5 Å². The molecule has 0 saturated heterocycles. The van der Waals surface area contributed by atoms with Gasteiger partial charge in [-0.1, -0.05) is 17.7 Å². The number of hydrogen-bond donors (Lipinski definition) is 1. The fraction of sp³-hybridized carbons (Fsp3) is 0.0625. The van der Waals surface area contributed by atoms with Gasteiger partial charge in [0.15, 0.2) is 0 Å². The van der Waals surface area contributed by atoms with Crippen molar-refractivity contribution in [2.24, 2.45) is 0 Å². The Morgan fingerprint density at radius 1 is 1.08 bits per heavy atom. The van der Waals surface area contributed by atoms with Gasteiger partial charge in [0, 0.05) is 17.4 Å². The summed E-state index contributed by atoms with van der Waals surface area (Å²) in [4.78, 5) is -0.172. The zero-order valence-electron chi connectivity index (χ0n) is 12.9. The zero-order chi connectivity index (χ0) is 18.9. The second-order valence-electron chi connectivity index (χ2n) is 5.24. The van der Waals surface area contributed by atoms with E-state index in [0.717, 1.165) is 18.2 Å². The number of nitrogens with one attached hydrogen (secondary N) is 1. The summed E-state index contributed by atoms with van der Waals surface area (Å²) in [5.74, 6) is 0. The van der Waals surface area contributed by atoms with Gasteiger partial charge in [-0.25, -0.2) is 13.1 Å². The molecule has 136 valence electrons. The van der Waals surface area contributed by atoms with E-state index in [1.54, 1.807) is 6.07 Å². The van der Waals surface area contributed by atoms with Crippen LogP contribution in [0.3, 0.4) is 0 Å². The van der Waals surface area contributed by atoms with Crippen molar-refractivity contribution >= 4 is 27.3 Å². The molecule has 0 amide bonds. The molecule has 0 radical (unpaired) electrons. The van der Waals surface area contributed by atoms with E-state index in [2.05, 4.69) is 9.82 Å². The molecule has 3 aromatic rings. The van der Waals surface area contributed by atoms with E-state index in [0.29, 0.717) is 0 Å². The number of aromatic nitrogens is 2. The van der Waals surface area contributed by atoms with Crippen molar-refractivity contribution < 1.29 is 21.6 Å². The molecule has 0 bridgehead atoms. The Kier molecular flexibility index (Phi) is 4.68. The maximum atomic E-state index is 13.0. The van der Waals surface area contributed by atoms with E-state index < -0.39 is 21.8 Å². The van der Waals surface area contributed by atoms with Crippen molar-refractivity contribution in [2.45, 2.75) is 11.1 Å². The molecular weight excluding hydrogens is 391 g/mol. The van der Waals surface area contributed by atoms with E-state index in [-0.39, 0.29) is 21.3 Å². The highest BCUT2D eigenvalue weighted by atomic mass is 35.5. The molecule has 2 aromatic carbocycles. The van der Waals surface area contributed by atoms with E-state index >= 15 is 0 Å². The number of hydrogen-bond acceptors (Lipinski definition) is 3. The monoisotopic (exact) mass is 401 g/mol. The van der Waals surface area contributed by atoms with Gasteiger partial charge in [-0.2, -0.15) is 18.3 Å². The first-order valence-corrected chi connectivity index (χ1v) is 9.02. The third-order valence-electron chi connectivity index (χ3n) is 3.43. The summed E-state index contributed by atoms with van der Waals surface area (Å²) in [6, 6.07) is 9.68. The fourth-order valence-corrected chi connectivity index (χ4v) is 3.61. The standard InChI is InChI=1S/C16H11ClF3N3O2S/c17-12-3-1-4-13(10-12)26(24,25)22-14-9-11(16(18,19)20)5-6-15(14)23-8-2-7-21-23/h1-10,22H. The van der Waals surface area contributed by atoms with Crippen molar-refractivity contribution in [3.63, 3.8) is 0 Å². The molecule has 5 nitrogen and oxygen atoms in total. The highest BCUT2D eigenvalue weighted by Gasteiger charge is 2.32. The maximum Gasteiger partial charge on any atom is 0.416 e. The van der Waals surface area contributed by atoms with Crippen LogP contribution in [-0.4, -0.2) is 18.2 Å². The number of anilines is 1. The molecule has 0 aliphatic rings. The first-order valence-electron chi connectivity index (χ1n) is 7.16. The van der Waals surface area contributed by atoms with E-state index in [1.165, 1.54) is 41.3 Å². The lowest BCUT2D eigenvalue weighted by molar-refractivity contribution is -0.137. The van der Waals surface area contributed by atoms with Crippen LogP contribution < -0.4 is 4.72 Å². The Morgan fingerprint density at radius 2 is 1.85 bits per heavy atom. The first kappa shape index (κ1) is 18.3. The molecule has 0 unspecified atom stereocenters. The molecule has 0 aliphatic heterocycles. The minimum atomic E-state index is -4.63. The van der Waals surface area contributed by atoms with Crippen LogP contribution in [0.25, 0.3) is 5.69 Å². The van der Waals surface area contributed by atoms with Crippen LogP contribution in [0, 0.1) is 0 Å². The van der Waals surface area contributed by atoms with Crippen LogP contribution in [0.15, 0.2) is 65.8 Å². The summed E-state index contributed by atoms with van der Waals surface area (Å²) < 4.78 is 67.7. The van der Waals surface area contributed by atoms with Crippen molar-refractivity contribution in [3.8, 4) is 5.69 Å². The summed E-state index contributed by atoms with van der Waals surface area (Å²) in [6.07, 6.45) is -1.72. The third kappa shape index (κ3) is 3.83. The van der Waals surface area contributed by atoms with Crippen LogP contribution in [0.1, 0.15) is 5.56 Å². The van der Waals surface area contributed by atoms with Crippen molar-refractivity contribution in [2.75, 3.05) is 4.72 Å². The average molecular weight is 402 g/mol. The topological polar surface area (TPSA) is 64.0 Å². The van der Waals surface area contributed by atoms with Gasteiger partial charge in [0.2, 0.25) is 0 Å². The van der Waals surface area contributed by atoms with E-state index in [1.807, 2.05) is 0 Å². The number of nitrogens with zero attached hydrogens (tertiary/aromatic N) is 2. The molecule has 1 N–H and O–H groups in total. The van der Waals surface area contributed by atoms with Gasteiger partial charge in [0.1, 0.15) is 0 Å². The average Bonchev–Trinajstić information content (AvgIpc) is 3.08. The number of rotatable bonds is 4. The molecule has 10 heteroatoms. The van der Waals surface area contributed by atoms with Crippen LogP contribution in [0.4, 0.5) is 18.9 Å². The number of benzene rings is 2. The van der Waals surface area contributed by atoms with Gasteiger partial charge in [0.25, 0.3) is 10.0 Å². The molecule has 0 aliphatic carbocycles. The molecule has 1 aromatic heterocycles. The van der Waals surface area contributed by atoms with Crippen LogP contribution >= 0.6 is 11.6 Å². The number of halogens is 4. The summed E-state index contributed by atoms with van der Waals surface area (Å²) in [7, 11) is -4.15. The Bertz CT molecular complexity index is 1040. The second-order valence-corrected chi connectivity index (χ2v) is 7.36. The second kappa shape index (κ2) is 6.65. The van der Waals surface area contributed by atoms with E-state index in [9.17, 15) is 21.6 Å². The van der Waals surface area contributed by atoms with Crippen molar-refractivity contribution in [1.82, 2.24) is 9.78 Å². The smallest absolute Gasteiger partial charge is 0.277 e. The first-order chi connectivity index (χ1) is 12.2. The van der Waals surface area contributed by atoms with Crippen LogP contribution in [-0.2, 0) is 16.2 Å². The Balaban J connectivity index is 2.10. The summed E-state index contributed by atoms with van der Waals surface area (Å²) in [5.41, 5.74) is -1.10. The fourth-order valence-electron chi connectivity index (χ4n) is 2.24. The number of alkyl halides is 3. The Labute approximate surface area is 152 Å². The molecule has 0 fully saturated rings. The summed E-state index contributed by atoms with van der Waals surface area (Å²) >= 11 is 5.80. The van der Waals surface area contributed by atoms with E-state index in [4.69, 9.17) is 11.6 Å². The van der Waals surface area contributed by atoms with Crippen LogP contribution in [0.5, 0.6) is 0 Å². The summed E-state index contributed by atoms with van der Waals surface area (Å²) in [6.45, 7) is 0. The van der Waals surface area contributed by atoms with Gasteiger partial charge in [-0.15, -0.1) is 0 Å². The zero-order valence-corrected chi connectivity index (χ0v) is 14.5. The largest absolute Gasteiger partial charge is 0.416 e. The van der Waals surface area contributed by atoms with Crippen molar-refractivity contribution in [1.29, 1.82) is 0 Å². The lowest BCUT2D eigenvalue weighted by Gasteiger charge is -2.15. The quantitative estimate of drug-likeness (QED) is 0.707. The minimum Gasteiger partial charge on any atom is -0.277 e. The molecule has 0 spiro atoms. The summed E-state index contributed by atoms with van der Waals surface area (Å²) in [5, 5.41) is 4.12. The van der Waals surface area contributed by atoms with Gasteiger partial charge < -0.3 is 0 Å². The molecule has 1 heterocycles. The minimum absolute atomic E-state index is 0.147. The predicted molar refractivity (Wildman–Crippen MR) is 90.8 cm³/mol. The Morgan fingerprint density at radius 3 is 2.46 bits per heavy atom. The maximum absolute atomic E-state index is 13.0. The highest BCUT2D eigenvalue weighted by molar-refractivity contribution is 7.92. The molecule has 3 rings (SSSR count). The molecular formula is C16H11ClF3N3O2S. The molecule has 26 heavy (non-hydrogen) atoms. The van der Waals surface area contributed by atoms with Gasteiger partial charge in [0.05, 0.1) is 21.8 Å². The predicted octanol–water partition coefficient (Wildman–Crippen LogP) is 4.35. The lowest BCUT2D eigenvalue weighted by atomic mass is 10.1. The highest BCUT2D eigenvalue weighted by Crippen LogP contribution is 2.34. The van der Waals surface area contributed by atoms with Gasteiger partial charge >= 0.3 is 6.18 Å². The Hall–Kier alpha value is -2.52. The third-order valence-corrected chi connectivity index (χ3v) is 5.02. The normalized spacial score (nSPS) is 12.2. The lowest BCUT2D eigenvalue weighted by Crippen LogP contribution is -2.16. The van der Waals surface area contributed by atoms with Gasteiger partial charge in [-0.05, 0) is 42.5 Å². The molecule has 0 saturated carbocycles. The van der Waals surface area contributed by atoms with Crippen LogP contribution in [0.2, 0.25) is 5.02 Å². The molecule has 0 atom stereocenters. The number of sulfonamides is 1. The SMILES string of the molecule is O=S(=O)(Nc1cc(C(F)(F)F)ccc1-n1cccn1)c1cccc(Cl)c1.